The van der Waals surface area contributed by atoms with Crippen molar-refractivity contribution in [2.75, 3.05) is 0 Å². The number of benzene rings is 4. The molecule has 0 aliphatic rings. The third-order valence-corrected chi connectivity index (χ3v) is 7.16. The number of hydrogen-bond acceptors (Lipinski definition) is 3. The zero-order chi connectivity index (χ0) is 20.9. The Balaban J connectivity index is 1.54. The second kappa shape index (κ2) is 9.34. The first-order chi connectivity index (χ1) is 15.4. The first-order valence-electron chi connectivity index (χ1n) is 10.1. The Morgan fingerprint density at radius 2 is 0.935 bits per heavy atom. The molecule has 0 aliphatic carbocycles. The standard InChI is InChI=1S/C28H20OS2/c1-2-11-21(12-3-1)30-26-17-7-4-13-22(26)23-14-5-8-18-27(23)31-28-19-9-6-15-24(28)25-16-10-20-29-25/h1-20H. The topological polar surface area (TPSA) is 13.1 Å². The Hall–Kier alpha value is -3.14. The molecule has 0 saturated heterocycles. The Labute approximate surface area is 191 Å². The molecule has 31 heavy (non-hydrogen) atoms. The zero-order valence-corrected chi connectivity index (χ0v) is 18.4. The predicted octanol–water partition coefficient (Wildman–Crippen LogP) is 8.92. The average molecular weight is 437 g/mol. The first kappa shape index (κ1) is 19.8. The van der Waals surface area contributed by atoms with E-state index in [4.69, 9.17) is 4.42 Å². The van der Waals surface area contributed by atoms with Gasteiger partial charge in [0.1, 0.15) is 5.76 Å². The molecule has 1 nitrogen and oxygen atoms in total. The molecule has 150 valence electrons. The third kappa shape index (κ3) is 4.48. The fraction of sp³-hybridized carbons (Fsp3) is 0. The van der Waals surface area contributed by atoms with Crippen LogP contribution in [0.3, 0.4) is 0 Å². The molecule has 1 aromatic heterocycles. The summed E-state index contributed by atoms with van der Waals surface area (Å²) in [4.78, 5) is 4.89. The van der Waals surface area contributed by atoms with Gasteiger partial charge in [-0.1, -0.05) is 96.3 Å². The van der Waals surface area contributed by atoms with Crippen molar-refractivity contribution >= 4 is 23.5 Å². The summed E-state index contributed by atoms with van der Waals surface area (Å²) in [5.41, 5.74) is 3.59. The fourth-order valence-corrected chi connectivity index (χ4v) is 5.56. The van der Waals surface area contributed by atoms with E-state index in [1.165, 1.54) is 30.7 Å². The second-order valence-electron chi connectivity index (χ2n) is 6.98. The molecule has 0 N–H and O–H groups in total. The molecular weight excluding hydrogens is 416 g/mol. The van der Waals surface area contributed by atoms with Gasteiger partial charge in [-0.3, -0.25) is 0 Å². The molecule has 0 amide bonds. The average Bonchev–Trinajstić information content (AvgIpc) is 3.36. The van der Waals surface area contributed by atoms with Crippen LogP contribution >= 0.6 is 23.5 Å². The highest BCUT2D eigenvalue weighted by atomic mass is 32.2. The Kier molecular flexibility index (Phi) is 5.96. The van der Waals surface area contributed by atoms with Crippen LogP contribution in [0.4, 0.5) is 0 Å². The summed E-state index contributed by atoms with van der Waals surface area (Å²) in [5, 5.41) is 0. The Bertz CT molecular complexity index is 1280. The quantitative estimate of drug-likeness (QED) is 0.264. The van der Waals surface area contributed by atoms with Crippen LogP contribution in [0.15, 0.2) is 146 Å². The van der Waals surface area contributed by atoms with Gasteiger partial charge in [-0.05, 0) is 53.6 Å². The summed E-state index contributed by atoms with van der Waals surface area (Å²) < 4.78 is 5.68. The lowest BCUT2D eigenvalue weighted by molar-refractivity contribution is 0.581. The van der Waals surface area contributed by atoms with Crippen molar-refractivity contribution in [3.63, 3.8) is 0 Å². The number of hydrogen-bond donors (Lipinski definition) is 0. The van der Waals surface area contributed by atoms with E-state index >= 15 is 0 Å². The van der Waals surface area contributed by atoms with Gasteiger partial charge in [0.25, 0.3) is 0 Å². The van der Waals surface area contributed by atoms with Crippen LogP contribution in [-0.4, -0.2) is 0 Å². The van der Waals surface area contributed by atoms with Gasteiger partial charge < -0.3 is 4.42 Å². The summed E-state index contributed by atoms with van der Waals surface area (Å²) in [6, 6.07) is 40.1. The summed E-state index contributed by atoms with van der Waals surface area (Å²) in [7, 11) is 0. The van der Waals surface area contributed by atoms with Crippen molar-refractivity contribution in [3.8, 4) is 22.5 Å². The summed E-state index contributed by atoms with van der Waals surface area (Å²) in [6.45, 7) is 0. The molecule has 4 aromatic carbocycles. The molecule has 5 rings (SSSR count). The van der Waals surface area contributed by atoms with Crippen LogP contribution in [0, 0.1) is 0 Å². The van der Waals surface area contributed by atoms with Crippen molar-refractivity contribution in [2.45, 2.75) is 19.6 Å². The van der Waals surface area contributed by atoms with Crippen LogP contribution in [-0.2, 0) is 0 Å². The van der Waals surface area contributed by atoms with Gasteiger partial charge in [0.2, 0.25) is 0 Å². The van der Waals surface area contributed by atoms with Gasteiger partial charge in [-0.15, -0.1) is 0 Å². The fourth-order valence-electron chi connectivity index (χ4n) is 3.48. The van der Waals surface area contributed by atoms with Crippen LogP contribution in [0.25, 0.3) is 22.5 Å². The van der Waals surface area contributed by atoms with E-state index in [2.05, 4.69) is 103 Å². The zero-order valence-electron chi connectivity index (χ0n) is 16.8. The maximum atomic E-state index is 5.68. The van der Waals surface area contributed by atoms with Crippen LogP contribution in [0.1, 0.15) is 0 Å². The summed E-state index contributed by atoms with van der Waals surface area (Å²) >= 11 is 3.58. The van der Waals surface area contributed by atoms with E-state index in [0.29, 0.717) is 0 Å². The molecule has 0 fully saturated rings. The highest BCUT2D eigenvalue weighted by Crippen LogP contribution is 2.43. The monoisotopic (exact) mass is 436 g/mol. The van der Waals surface area contributed by atoms with E-state index in [1.807, 2.05) is 12.1 Å². The number of furan rings is 1. The lowest BCUT2D eigenvalue weighted by Crippen LogP contribution is -1.87. The molecule has 0 atom stereocenters. The minimum absolute atomic E-state index is 0.889. The van der Waals surface area contributed by atoms with Crippen molar-refractivity contribution < 1.29 is 4.42 Å². The maximum Gasteiger partial charge on any atom is 0.134 e. The van der Waals surface area contributed by atoms with Crippen molar-refractivity contribution in [3.05, 3.63) is 122 Å². The SMILES string of the molecule is c1ccc(Sc2ccccc2-c2ccccc2Sc2ccccc2-c2ccco2)cc1. The molecule has 0 radical (unpaired) electrons. The van der Waals surface area contributed by atoms with E-state index < -0.39 is 0 Å². The highest BCUT2D eigenvalue weighted by molar-refractivity contribution is 8.00. The van der Waals surface area contributed by atoms with Gasteiger partial charge in [0, 0.05) is 25.1 Å². The minimum Gasteiger partial charge on any atom is -0.464 e. The largest absolute Gasteiger partial charge is 0.464 e. The third-order valence-electron chi connectivity index (χ3n) is 4.93. The molecule has 0 spiro atoms. The van der Waals surface area contributed by atoms with Gasteiger partial charge >= 0.3 is 0 Å². The van der Waals surface area contributed by atoms with Gasteiger partial charge in [0.15, 0.2) is 0 Å². The van der Waals surface area contributed by atoms with Crippen LogP contribution < -0.4 is 0 Å². The van der Waals surface area contributed by atoms with Crippen LogP contribution in [0.5, 0.6) is 0 Å². The highest BCUT2D eigenvalue weighted by Gasteiger charge is 2.14. The lowest BCUT2D eigenvalue weighted by atomic mass is 10.1. The molecule has 5 aromatic rings. The van der Waals surface area contributed by atoms with E-state index in [1.54, 1.807) is 29.8 Å². The first-order valence-corrected chi connectivity index (χ1v) is 11.7. The van der Waals surface area contributed by atoms with Gasteiger partial charge in [-0.25, -0.2) is 0 Å². The van der Waals surface area contributed by atoms with Crippen molar-refractivity contribution in [2.24, 2.45) is 0 Å². The molecule has 0 saturated carbocycles. The van der Waals surface area contributed by atoms with E-state index in [0.717, 1.165) is 11.3 Å². The summed E-state index contributed by atoms with van der Waals surface area (Å²) in [6.07, 6.45) is 1.72. The Morgan fingerprint density at radius 1 is 0.419 bits per heavy atom. The second-order valence-corrected chi connectivity index (χ2v) is 9.18. The molecule has 1 heterocycles. The molecule has 0 unspecified atom stereocenters. The van der Waals surface area contributed by atoms with Gasteiger partial charge in [0.05, 0.1) is 6.26 Å². The van der Waals surface area contributed by atoms with E-state index in [9.17, 15) is 0 Å². The predicted molar refractivity (Wildman–Crippen MR) is 131 cm³/mol. The van der Waals surface area contributed by atoms with E-state index in [-0.39, 0.29) is 0 Å². The normalized spacial score (nSPS) is 10.8. The molecule has 3 heteroatoms. The lowest BCUT2D eigenvalue weighted by Gasteiger charge is -2.14. The van der Waals surface area contributed by atoms with Crippen molar-refractivity contribution in [1.29, 1.82) is 0 Å². The molecule has 0 aliphatic heterocycles. The smallest absolute Gasteiger partial charge is 0.134 e. The Morgan fingerprint density at radius 3 is 1.55 bits per heavy atom. The van der Waals surface area contributed by atoms with Gasteiger partial charge in [-0.2, -0.15) is 0 Å². The molecule has 0 bridgehead atoms. The van der Waals surface area contributed by atoms with Crippen LogP contribution in [0.2, 0.25) is 0 Å². The maximum absolute atomic E-state index is 5.68. The minimum atomic E-state index is 0.889. The summed E-state index contributed by atoms with van der Waals surface area (Å²) in [5.74, 6) is 0.889. The van der Waals surface area contributed by atoms with Crippen molar-refractivity contribution in [1.82, 2.24) is 0 Å². The molecular formula is C28H20OS2. The number of rotatable bonds is 6.